The summed E-state index contributed by atoms with van der Waals surface area (Å²) in [4.78, 5) is 17.8. The minimum absolute atomic E-state index is 0.0119. The van der Waals surface area contributed by atoms with Crippen LogP contribution >= 0.6 is 22.6 Å². The molecule has 2 aliphatic heterocycles. The van der Waals surface area contributed by atoms with Crippen LogP contribution in [-0.2, 0) is 20.8 Å². The number of allylic oxidation sites excluding steroid dienone is 1. The smallest absolute Gasteiger partial charge is 0.288 e. The summed E-state index contributed by atoms with van der Waals surface area (Å²) in [5.74, 6) is 0.331. The number of halogens is 1. The number of carbonyl (C=O) groups excluding carboxylic acids is 1. The van der Waals surface area contributed by atoms with Crippen molar-refractivity contribution < 1.29 is 19.4 Å². The van der Waals surface area contributed by atoms with Crippen LogP contribution in [0.2, 0.25) is 0 Å². The van der Waals surface area contributed by atoms with Crippen molar-refractivity contribution in [3.05, 3.63) is 81.1 Å². The number of nitrogens with zero attached hydrogens (tertiary/aromatic N) is 2. The molecule has 7 heteroatoms. The Morgan fingerprint density at radius 2 is 1.80 bits per heavy atom. The normalized spacial score (nSPS) is 23.0. The summed E-state index contributed by atoms with van der Waals surface area (Å²) in [7, 11) is 0. The average molecular weight is 591 g/mol. The van der Waals surface area contributed by atoms with Crippen LogP contribution in [0.5, 0.6) is 0 Å². The summed E-state index contributed by atoms with van der Waals surface area (Å²) in [6.07, 6.45) is 2.89. The van der Waals surface area contributed by atoms with E-state index in [1.54, 1.807) is 0 Å². The first kappa shape index (κ1) is 26.1. The first-order chi connectivity index (χ1) is 17.1. The quantitative estimate of drug-likeness (QED) is 0.440. The highest BCUT2D eigenvalue weighted by Crippen LogP contribution is 2.40. The number of aliphatic hydroxyl groups is 1. The average Bonchev–Trinajstić information content (AvgIpc) is 2.89. The van der Waals surface area contributed by atoms with E-state index in [1.807, 2.05) is 24.0 Å². The minimum Gasteiger partial charge on any atom is -0.459 e. The topological polar surface area (TPSA) is 62.2 Å². The Labute approximate surface area is 222 Å². The van der Waals surface area contributed by atoms with E-state index >= 15 is 0 Å². The van der Waals surface area contributed by atoms with Crippen molar-refractivity contribution in [2.45, 2.75) is 38.5 Å². The molecule has 0 aliphatic carbocycles. The molecule has 35 heavy (non-hydrogen) atoms. The van der Waals surface area contributed by atoms with Gasteiger partial charge >= 0.3 is 0 Å². The minimum atomic E-state index is -0.515. The van der Waals surface area contributed by atoms with Crippen LogP contribution in [0.3, 0.4) is 0 Å². The molecule has 0 spiro atoms. The van der Waals surface area contributed by atoms with E-state index < -0.39 is 6.29 Å². The van der Waals surface area contributed by atoms with Gasteiger partial charge in [0.15, 0.2) is 5.76 Å². The maximum absolute atomic E-state index is 13.5. The number of ether oxygens (including phenoxy) is 2. The van der Waals surface area contributed by atoms with Crippen LogP contribution < -0.4 is 0 Å². The second-order valence-corrected chi connectivity index (χ2v) is 10.4. The van der Waals surface area contributed by atoms with Crippen molar-refractivity contribution in [3.8, 4) is 0 Å². The molecule has 4 rings (SSSR count). The number of piperazine rings is 1. The molecule has 0 radical (unpaired) electrons. The van der Waals surface area contributed by atoms with Gasteiger partial charge in [0.25, 0.3) is 5.91 Å². The van der Waals surface area contributed by atoms with Crippen LogP contribution in [0.25, 0.3) is 0 Å². The van der Waals surface area contributed by atoms with Gasteiger partial charge in [0.1, 0.15) is 0 Å². The SMILES string of the molecule is CCO[C@H]1OC(C(=O)N2CCN(Cc3ccccc3)CC2)=C[C@@H](c2ccc(I)cc2)[C@H]1CCCO. The van der Waals surface area contributed by atoms with Gasteiger partial charge in [0.05, 0.1) is 0 Å². The number of rotatable bonds is 9. The second kappa shape index (κ2) is 12.9. The molecule has 0 aromatic heterocycles. The maximum Gasteiger partial charge on any atom is 0.288 e. The highest BCUT2D eigenvalue weighted by Gasteiger charge is 2.39. The van der Waals surface area contributed by atoms with Crippen LogP contribution in [0.1, 0.15) is 36.8 Å². The fraction of sp³-hybridized carbons (Fsp3) is 0.464. The van der Waals surface area contributed by atoms with Gasteiger partial charge in [-0.15, -0.1) is 0 Å². The highest BCUT2D eigenvalue weighted by molar-refractivity contribution is 14.1. The van der Waals surface area contributed by atoms with E-state index in [4.69, 9.17) is 9.47 Å². The standard InChI is InChI=1S/C28H35IN2O4/c1-2-34-28-24(9-6-18-32)25(22-10-12-23(29)13-11-22)19-26(35-28)27(33)31-16-14-30(15-17-31)20-21-7-4-3-5-8-21/h3-5,7-8,10-13,19,24-25,28,32H,2,6,9,14-18,20H2,1H3/t24-,25+,28+/m1/s1. The lowest BCUT2D eigenvalue weighted by Crippen LogP contribution is -2.49. The van der Waals surface area contributed by atoms with Gasteiger partial charge in [-0.25, -0.2) is 0 Å². The molecule has 0 saturated carbocycles. The first-order valence-electron chi connectivity index (χ1n) is 12.5. The fourth-order valence-electron chi connectivity index (χ4n) is 4.93. The van der Waals surface area contributed by atoms with Crippen molar-refractivity contribution in [3.63, 3.8) is 0 Å². The van der Waals surface area contributed by atoms with Gasteiger partial charge in [-0.1, -0.05) is 42.5 Å². The van der Waals surface area contributed by atoms with E-state index in [9.17, 15) is 9.90 Å². The molecule has 6 nitrogen and oxygen atoms in total. The molecule has 2 aliphatic rings. The maximum atomic E-state index is 13.5. The third-order valence-corrected chi connectivity index (χ3v) is 7.50. The van der Waals surface area contributed by atoms with Crippen LogP contribution in [0, 0.1) is 9.49 Å². The lowest BCUT2D eigenvalue weighted by molar-refractivity contribution is -0.171. The largest absolute Gasteiger partial charge is 0.459 e. The number of amides is 1. The molecular weight excluding hydrogens is 555 g/mol. The molecule has 1 saturated heterocycles. The zero-order valence-corrected chi connectivity index (χ0v) is 22.5. The van der Waals surface area contributed by atoms with E-state index in [1.165, 1.54) is 9.13 Å². The van der Waals surface area contributed by atoms with Gasteiger partial charge in [-0.3, -0.25) is 9.69 Å². The molecule has 2 heterocycles. The molecule has 0 unspecified atom stereocenters. The van der Waals surface area contributed by atoms with Gasteiger partial charge in [0.2, 0.25) is 6.29 Å². The number of hydrogen-bond acceptors (Lipinski definition) is 5. The summed E-state index contributed by atoms with van der Waals surface area (Å²) in [5, 5.41) is 9.47. The Morgan fingerprint density at radius 1 is 1.09 bits per heavy atom. The Kier molecular flexibility index (Phi) is 9.59. The van der Waals surface area contributed by atoms with Crippen LogP contribution in [0.4, 0.5) is 0 Å². The third-order valence-electron chi connectivity index (χ3n) is 6.79. The van der Waals surface area contributed by atoms with Crippen molar-refractivity contribution >= 4 is 28.5 Å². The van der Waals surface area contributed by atoms with Gasteiger partial charge < -0.3 is 19.5 Å². The Hall–Kier alpha value is -1.94. The molecule has 188 valence electrons. The van der Waals surface area contributed by atoms with Crippen molar-refractivity contribution in [2.75, 3.05) is 39.4 Å². The summed E-state index contributed by atoms with van der Waals surface area (Å²) < 4.78 is 13.4. The predicted octanol–water partition coefficient (Wildman–Crippen LogP) is 4.38. The third kappa shape index (κ3) is 6.84. The lowest BCUT2D eigenvalue weighted by Gasteiger charge is -2.39. The first-order valence-corrected chi connectivity index (χ1v) is 13.6. The molecule has 1 amide bonds. The molecule has 1 fully saturated rings. The predicted molar refractivity (Wildman–Crippen MR) is 145 cm³/mol. The zero-order chi connectivity index (χ0) is 24.6. The van der Waals surface area contributed by atoms with E-state index in [-0.39, 0.29) is 24.3 Å². The van der Waals surface area contributed by atoms with Gasteiger partial charge in [-0.05, 0) is 71.7 Å². The summed E-state index contributed by atoms with van der Waals surface area (Å²) in [5.41, 5.74) is 2.43. The highest BCUT2D eigenvalue weighted by atomic mass is 127. The van der Waals surface area contributed by atoms with Gasteiger partial charge in [0, 0.05) is 61.3 Å². The van der Waals surface area contributed by atoms with Gasteiger partial charge in [-0.2, -0.15) is 0 Å². The number of aliphatic hydroxyl groups excluding tert-OH is 1. The van der Waals surface area contributed by atoms with Crippen molar-refractivity contribution in [1.29, 1.82) is 0 Å². The van der Waals surface area contributed by atoms with Crippen molar-refractivity contribution in [1.82, 2.24) is 9.80 Å². The molecule has 1 N–H and O–H groups in total. The molecule has 2 aromatic rings. The summed E-state index contributed by atoms with van der Waals surface area (Å²) >= 11 is 2.30. The monoisotopic (exact) mass is 590 g/mol. The second-order valence-electron chi connectivity index (χ2n) is 9.13. The van der Waals surface area contributed by atoms with E-state index in [0.717, 1.165) is 31.6 Å². The Morgan fingerprint density at radius 3 is 2.46 bits per heavy atom. The molecule has 3 atom stereocenters. The fourth-order valence-corrected chi connectivity index (χ4v) is 5.29. The summed E-state index contributed by atoms with van der Waals surface area (Å²) in [6.45, 7) is 6.48. The molecule has 0 bridgehead atoms. The zero-order valence-electron chi connectivity index (χ0n) is 20.3. The lowest BCUT2D eigenvalue weighted by atomic mass is 9.80. The number of benzene rings is 2. The van der Waals surface area contributed by atoms with E-state index in [2.05, 4.69) is 76.0 Å². The number of hydrogen-bond donors (Lipinski definition) is 1. The van der Waals surface area contributed by atoms with Crippen LogP contribution in [-0.4, -0.2) is 66.5 Å². The van der Waals surface area contributed by atoms with Crippen molar-refractivity contribution in [2.24, 2.45) is 5.92 Å². The molecule has 2 aromatic carbocycles. The Balaban J connectivity index is 1.49. The molecular formula is C28H35IN2O4. The summed E-state index contributed by atoms with van der Waals surface area (Å²) in [6, 6.07) is 18.9. The van der Waals surface area contributed by atoms with Crippen LogP contribution in [0.15, 0.2) is 66.4 Å². The number of carbonyl (C=O) groups is 1. The Bertz CT molecular complexity index is 974. The van der Waals surface area contributed by atoms with E-state index in [0.29, 0.717) is 31.9 Å².